The van der Waals surface area contributed by atoms with Crippen molar-refractivity contribution in [2.24, 2.45) is 11.7 Å². The average Bonchev–Trinajstić information content (AvgIpc) is 2.59. The van der Waals surface area contributed by atoms with E-state index in [0.717, 1.165) is 17.1 Å². The molecular weight excluding hydrogens is 378 g/mol. The van der Waals surface area contributed by atoms with Gasteiger partial charge in [0.2, 0.25) is 0 Å². The molecule has 0 aliphatic rings. The second-order valence-electron chi connectivity index (χ2n) is 7.86. The number of carbonyl (C=O) groups excluding carboxylic acids is 1. The summed E-state index contributed by atoms with van der Waals surface area (Å²) >= 11 is 6.42. The molecule has 0 fully saturated rings. The molecule has 1 atom stereocenters. The normalized spacial score (nSPS) is 13.4. The van der Waals surface area contributed by atoms with Crippen LogP contribution < -0.4 is 10.5 Å². The van der Waals surface area contributed by atoms with E-state index in [0.29, 0.717) is 23.1 Å². The van der Waals surface area contributed by atoms with E-state index in [4.69, 9.17) is 26.8 Å². The summed E-state index contributed by atoms with van der Waals surface area (Å²) in [6, 6.07) is 7.33. The van der Waals surface area contributed by atoms with Gasteiger partial charge in [0.15, 0.2) is 0 Å². The standard InChI is InChI=1S/C21H28ClN3O3/c1-13(2)11-21(5,28-20(23)26)12-27-18-7-6-15(10-16(18)22)17-8-9-24-19(25-17)14(3)4/h6-10,13-14H,11-12H2,1-5H3,(H2,23,26)/t21-/m0/s1. The molecule has 1 amide bonds. The Balaban J connectivity index is 2.18. The molecule has 0 spiro atoms. The zero-order valence-corrected chi connectivity index (χ0v) is 17.8. The number of hydrogen-bond acceptors (Lipinski definition) is 5. The number of carbonyl (C=O) groups is 1. The van der Waals surface area contributed by atoms with Crippen LogP contribution in [-0.4, -0.2) is 28.3 Å². The van der Waals surface area contributed by atoms with Gasteiger partial charge in [0.25, 0.3) is 0 Å². The molecule has 152 valence electrons. The Bertz CT molecular complexity index is 826. The van der Waals surface area contributed by atoms with Crippen LogP contribution in [0.5, 0.6) is 5.75 Å². The molecular formula is C21H28ClN3O3. The minimum Gasteiger partial charge on any atom is -0.488 e. The first-order chi connectivity index (χ1) is 13.1. The number of aromatic nitrogens is 2. The van der Waals surface area contributed by atoms with Crippen LogP contribution >= 0.6 is 11.6 Å². The smallest absolute Gasteiger partial charge is 0.405 e. The molecule has 0 aliphatic carbocycles. The lowest BCUT2D eigenvalue weighted by molar-refractivity contribution is -0.0185. The Hall–Kier alpha value is -2.34. The van der Waals surface area contributed by atoms with E-state index in [1.807, 2.05) is 39.8 Å². The number of primary amides is 1. The van der Waals surface area contributed by atoms with Gasteiger partial charge in [0.05, 0.1) is 10.7 Å². The second-order valence-corrected chi connectivity index (χ2v) is 8.26. The molecule has 2 N–H and O–H groups in total. The van der Waals surface area contributed by atoms with Crippen molar-refractivity contribution in [1.82, 2.24) is 9.97 Å². The molecule has 1 aromatic heterocycles. The summed E-state index contributed by atoms with van der Waals surface area (Å²) in [6.07, 6.45) is 1.54. The molecule has 0 saturated carbocycles. The second kappa shape index (κ2) is 9.24. The Morgan fingerprint density at radius 3 is 2.54 bits per heavy atom. The van der Waals surface area contributed by atoms with Crippen LogP contribution in [0.2, 0.25) is 5.02 Å². The van der Waals surface area contributed by atoms with Gasteiger partial charge in [0, 0.05) is 17.7 Å². The Labute approximate surface area is 171 Å². The number of benzene rings is 1. The van der Waals surface area contributed by atoms with Gasteiger partial charge in [-0.25, -0.2) is 14.8 Å². The van der Waals surface area contributed by atoms with Crippen LogP contribution in [-0.2, 0) is 4.74 Å². The van der Waals surface area contributed by atoms with Gasteiger partial charge >= 0.3 is 6.09 Å². The minimum absolute atomic E-state index is 0.151. The first-order valence-corrected chi connectivity index (χ1v) is 9.71. The molecule has 0 unspecified atom stereocenters. The average molecular weight is 406 g/mol. The van der Waals surface area contributed by atoms with Crippen molar-refractivity contribution < 1.29 is 14.3 Å². The lowest BCUT2D eigenvalue weighted by Gasteiger charge is -2.30. The number of nitrogens with zero attached hydrogens (tertiary/aromatic N) is 2. The highest BCUT2D eigenvalue weighted by Crippen LogP contribution is 2.31. The fraction of sp³-hybridized carbons (Fsp3) is 0.476. The molecule has 0 saturated heterocycles. The third-order valence-electron chi connectivity index (χ3n) is 4.14. The van der Waals surface area contributed by atoms with Crippen LogP contribution in [0, 0.1) is 5.92 Å². The van der Waals surface area contributed by atoms with Gasteiger partial charge in [-0.3, -0.25) is 0 Å². The topological polar surface area (TPSA) is 87.3 Å². The van der Waals surface area contributed by atoms with Crippen molar-refractivity contribution in [3.05, 3.63) is 41.3 Å². The van der Waals surface area contributed by atoms with Crippen molar-refractivity contribution >= 4 is 17.7 Å². The van der Waals surface area contributed by atoms with Crippen LogP contribution in [0.15, 0.2) is 30.5 Å². The van der Waals surface area contributed by atoms with Crippen LogP contribution in [0.25, 0.3) is 11.3 Å². The molecule has 1 aromatic carbocycles. The van der Waals surface area contributed by atoms with E-state index in [-0.39, 0.29) is 12.5 Å². The van der Waals surface area contributed by atoms with Crippen molar-refractivity contribution in [2.75, 3.05) is 6.61 Å². The fourth-order valence-electron chi connectivity index (χ4n) is 3.06. The third-order valence-corrected chi connectivity index (χ3v) is 4.43. The first kappa shape index (κ1) is 22.0. The number of amides is 1. The Kier molecular flexibility index (Phi) is 7.24. The molecule has 2 aromatic rings. The summed E-state index contributed by atoms with van der Waals surface area (Å²) in [5, 5.41) is 0.452. The molecule has 28 heavy (non-hydrogen) atoms. The van der Waals surface area contributed by atoms with E-state index in [9.17, 15) is 4.79 Å². The molecule has 0 bridgehead atoms. The summed E-state index contributed by atoms with van der Waals surface area (Å²) in [7, 11) is 0. The molecule has 1 heterocycles. The zero-order valence-electron chi connectivity index (χ0n) is 17.0. The summed E-state index contributed by atoms with van der Waals surface area (Å²) in [5.74, 6) is 1.83. The predicted octanol–water partition coefficient (Wildman–Crippen LogP) is 5.20. The number of ether oxygens (including phenoxy) is 2. The van der Waals surface area contributed by atoms with Crippen LogP contribution in [0.4, 0.5) is 4.79 Å². The lowest BCUT2D eigenvalue weighted by Crippen LogP contribution is -2.41. The number of halogens is 1. The van der Waals surface area contributed by atoms with E-state index in [1.54, 1.807) is 25.3 Å². The molecule has 2 rings (SSSR count). The van der Waals surface area contributed by atoms with Gasteiger partial charge in [0.1, 0.15) is 23.8 Å². The van der Waals surface area contributed by atoms with E-state index in [1.165, 1.54) is 0 Å². The van der Waals surface area contributed by atoms with Crippen molar-refractivity contribution in [3.63, 3.8) is 0 Å². The largest absolute Gasteiger partial charge is 0.488 e. The lowest BCUT2D eigenvalue weighted by atomic mass is 9.95. The fourth-order valence-corrected chi connectivity index (χ4v) is 3.29. The van der Waals surface area contributed by atoms with Crippen molar-refractivity contribution in [1.29, 1.82) is 0 Å². The summed E-state index contributed by atoms with van der Waals surface area (Å²) in [6.45, 7) is 10.1. The summed E-state index contributed by atoms with van der Waals surface area (Å²) < 4.78 is 11.2. The van der Waals surface area contributed by atoms with E-state index < -0.39 is 11.7 Å². The maximum atomic E-state index is 11.3. The predicted molar refractivity (Wildman–Crippen MR) is 111 cm³/mol. The highest BCUT2D eigenvalue weighted by Gasteiger charge is 2.30. The number of nitrogens with two attached hydrogens (primary N) is 1. The highest BCUT2D eigenvalue weighted by atomic mass is 35.5. The third kappa shape index (κ3) is 6.09. The van der Waals surface area contributed by atoms with Gasteiger partial charge in [-0.1, -0.05) is 39.3 Å². The van der Waals surface area contributed by atoms with Gasteiger partial charge in [-0.05, 0) is 43.5 Å². The van der Waals surface area contributed by atoms with E-state index in [2.05, 4.69) is 9.97 Å². The SMILES string of the molecule is CC(C)C[C@@](C)(COc1ccc(-c2ccnc(C(C)C)n2)cc1Cl)OC(N)=O. The maximum absolute atomic E-state index is 11.3. The van der Waals surface area contributed by atoms with Crippen LogP contribution in [0.3, 0.4) is 0 Å². The monoisotopic (exact) mass is 405 g/mol. The minimum atomic E-state index is -0.833. The number of rotatable bonds is 8. The van der Waals surface area contributed by atoms with Gasteiger partial charge < -0.3 is 15.2 Å². The molecule has 6 nitrogen and oxygen atoms in total. The zero-order chi connectivity index (χ0) is 20.9. The Morgan fingerprint density at radius 1 is 1.25 bits per heavy atom. The first-order valence-electron chi connectivity index (χ1n) is 9.34. The van der Waals surface area contributed by atoms with Gasteiger partial charge in [-0.2, -0.15) is 0 Å². The van der Waals surface area contributed by atoms with Crippen molar-refractivity contribution in [2.45, 2.75) is 52.6 Å². The summed E-state index contributed by atoms with van der Waals surface area (Å²) in [5.41, 5.74) is 6.06. The highest BCUT2D eigenvalue weighted by molar-refractivity contribution is 6.32. The van der Waals surface area contributed by atoms with Gasteiger partial charge in [-0.15, -0.1) is 0 Å². The summed E-state index contributed by atoms with van der Waals surface area (Å²) in [4.78, 5) is 20.1. The quantitative estimate of drug-likeness (QED) is 0.652. The molecule has 0 aliphatic heterocycles. The molecule has 0 radical (unpaired) electrons. The van der Waals surface area contributed by atoms with Crippen molar-refractivity contribution in [3.8, 4) is 17.0 Å². The van der Waals surface area contributed by atoms with Crippen LogP contribution in [0.1, 0.15) is 52.8 Å². The van der Waals surface area contributed by atoms with E-state index >= 15 is 0 Å². The maximum Gasteiger partial charge on any atom is 0.405 e. The number of hydrogen-bond donors (Lipinski definition) is 1. The Morgan fingerprint density at radius 2 is 1.96 bits per heavy atom. The molecule has 7 heteroatoms.